The molecule has 0 saturated heterocycles. The van der Waals surface area contributed by atoms with Gasteiger partial charge >= 0.3 is 39.5 Å². The molecule has 0 aliphatic heterocycles. The van der Waals surface area contributed by atoms with E-state index in [9.17, 15) is 43.2 Å². The third kappa shape index (κ3) is 77.5. The SMILES string of the molecule is CC/C=C\C/C=C\C/C=C\C/C=C\C/C=C\CCCCCC(=O)OCC(COP(=O)(O)OCC(O)COP(=O)(O)OCC(COC(=O)CCCCCCCC/C=C\C/C=C\C/C=C\C/C=C\CC)OC(=O)CCCC/C=C\C/C=C\C/C=C\C/C=C\CC)OC(=O)C/C=C\C/C=C\C/C=C\C/C=C\C/C=C\CC. The Kier molecular flexibility index (Phi) is 73.7. The minimum absolute atomic E-state index is 0.0265. The average Bonchev–Trinajstić information content (AvgIpc) is 0.923. The summed E-state index contributed by atoms with van der Waals surface area (Å²) in [6.07, 6.45) is 99.6. The lowest BCUT2D eigenvalue weighted by Crippen LogP contribution is -2.30. The van der Waals surface area contributed by atoms with Crippen molar-refractivity contribution in [1.29, 1.82) is 0 Å². The van der Waals surface area contributed by atoms with Gasteiger partial charge in [0.25, 0.3) is 0 Å². The molecule has 606 valence electrons. The molecular weight excluding hydrogens is 1400 g/mol. The number of unbranched alkanes of at least 4 members (excludes halogenated alkanes) is 11. The first-order valence-electron chi connectivity index (χ1n) is 40.0. The molecule has 0 heterocycles. The van der Waals surface area contributed by atoms with E-state index in [2.05, 4.69) is 222 Å². The first kappa shape index (κ1) is 101. The summed E-state index contributed by atoms with van der Waals surface area (Å²) < 4.78 is 68.4. The number of rotatable bonds is 72. The van der Waals surface area contributed by atoms with E-state index in [0.29, 0.717) is 32.1 Å². The molecule has 3 N–H and O–H groups in total. The predicted molar refractivity (Wildman–Crippen MR) is 445 cm³/mol. The van der Waals surface area contributed by atoms with Crippen molar-refractivity contribution >= 4 is 39.5 Å². The lowest BCUT2D eigenvalue weighted by atomic mass is 10.1. The van der Waals surface area contributed by atoms with Crippen molar-refractivity contribution in [3.05, 3.63) is 219 Å². The molecular formula is C89H138O17P2. The Labute approximate surface area is 651 Å². The minimum Gasteiger partial charge on any atom is -0.462 e. The van der Waals surface area contributed by atoms with Crippen LogP contribution in [0.1, 0.15) is 259 Å². The number of esters is 4. The Bertz CT molecular complexity index is 2910. The van der Waals surface area contributed by atoms with Gasteiger partial charge in [-0.3, -0.25) is 37.3 Å². The molecule has 0 bridgehead atoms. The summed E-state index contributed by atoms with van der Waals surface area (Å²) in [7, 11) is -10.0. The van der Waals surface area contributed by atoms with Crippen LogP contribution in [0, 0.1) is 0 Å². The molecule has 0 aromatic rings. The maximum absolute atomic E-state index is 13.1. The molecule has 0 aliphatic carbocycles. The van der Waals surface area contributed by atoms with Crippen LogP contribution in [-0.4, -0.2) is 96.7 Å². The van der Waals surface area contributed by atoms with E-state index in [1.54, 1.807) is 12.2 Å². The van der Waals surface area contributed by atoms with Gasteiger partial charge < -0.3 is 33.8 Å². The third-order valence-corrected chi connectivity index (χ3v) is 17.4. The van der Waals surface area contributed by atoms with Crippen LogP contribution in [0.25, 0.3) is 0 Å². The van der Waals surface area contributed by atoms with Gasteiger partial charge in [-0.25, -0.2) is 9.13 Å². The number of aliphatic hydroxyl groups excluding tert-OH is 1. The lowest BCUT2D eigenvalue weighted by molar-refractivity contribution is -0.161. The van der Waals surface area contributed by atoms with Crippen LogP contribution >= 0.6 is 15.6 Å². The highest BCUT2D eigenvalue weighted by Gasteiger charge is 2.30. The van der Waals surface area contributed by atoms with Crippen LogP contribution in [0.3, 0.4) is 0 Å². The van der Waals surface area contributed by atoms with Gasteiger partial charge in [-0.05, 0) is 173 Å². The van der Waals surface area contributed by atoms with E-state index in [1.807, 2.05) is 12.2 Å². The first-order chi connectivity index (χ1) is 52.7. The van der Waals surface area contributed by atoms with Gasteiger partial charge in [0.05, 0.1) is 32.8 Å². The molecule has 17 nitrogen and oxygen atoms in total. The summed E-state index contributed by atoms with van der Waals surface area (Å²) in [4.78, 5) is 73.0. The fourth-order valence-corrected chi connectivity index (χ4v) is 11.1. The van der Waals surface area contributed by atoms with E-state index in [1.165, 1.54) is 0 Å². The van der Waals surface area contributed by atoms with Gasteiger partial charge in [-0.1, -0.05) is 279 Å². The molecule has 0 radical (unpaired) electrons. The molecule has 108 heavy (non-hydrogen) atoms. The Morgan fingerprint density at radius 2 is 0.491 bits per heavy atom. The number of phosphoric ester groups is 2. The number of ether oxygens (including phenoxy) is 4. The zero-order valence-corrected chi connectivity index (χ0v) is 68.0. The number of aliphatic hydroxyl groups is 1. The minimum atomic E-state index is -5.03. The van der Waals surface area contributed by atoms with Crippen molar-refractivity contribution in [1.82, 2.24) is 0 Å². The summed E-state index contributed by atoms with van der Waals surface area (Å²) in [6.45, 7) is 4.16. The monoisotopic (exact) mass is 1540 g/mol. The molecule has 0 spiro atoms. The Hall–Kier alpha value is -6.62. The Morgan fingerprint density at radius 3 is 0.806 bits per heavy atom. The van der Waals surface area contributed by atoms with Crippen molar-refractivity contribution in [2.24, 2.45) is 0 Å². The van der Waals surface area contributed by atoms with Crippen molar-refractivity contribution in [3.8, 4) is 0 Å². The van der Waals surface area contributed by atoms with Crippen molar-refractivity contribution in [2.75, 3.05) is 39.6 Å². The molecule has 0 rings (SSSR count). The largest absolute Gasteiger partial charge is 0.472 e. The Morgan fingerprint density at radius 1 is 0.269 bits per heavy atom. The van der Waals surface area contributed by atoms with Crippen LogP contribution in [0.15, 0.2) is 219 Å². The zero-order chi connectivity index (χ0) is 78.9. The zero-order valence-electron chi connectivity index (χ0n) is 66.2. The van der Waals surface area contributed by atoms with Gasteiger partial charge in [0.2, 0.25) is 0 Å². The topological polar surface area (TPSA) is 237 Å². The molecule has 0 aromatic carbocycles. The van der Waals surface area contributed by atoms with Crippen molar-refractivity contribution < 1.29 is 80.2 Å². The summed E-state index contributed by atoms with van der Waals surface area (Å²) in [5.74, 6) is -2.45. The Balaban J connectivity index is 5.53. The fourth-order valence-electron chi connectivity index (χ4n) is 9.54. The van der Waals surface area contributed by atoms with Gasteiger partial charge in [-0.2, -0.15) is 0 Å². The second kappa shape index (κ2) is 78.5. The van der Waals surface area contributed by atoms with Crippen LogP contribution in [0.2, 0.25) is 0 Å². The molecule has 0 amide bonds. The number of carbonyl (C=O) groups excluding carboxylic acids is 4. The van der Waals surface area contributed by atoms with E-state index < -0.39 is 97.5 Å². The van der Waals surface area contributed by atoms with E-state index in [4.69, 9.17) is 37.0 Å². The van der Waals surface area contributed by atoms with Crippen LogP contribution in [-0.2, 0) is 65.4 Å². The molecule has 0 fully saturated rings. The van der Waals surface area contributed by atoms with Crippen LogP contribution in [0.4, 0.5) is 0 Å². The lowest BCUT2D eigenvalue weighted by Gasteiger charge is -2.21. The smallest absolute Gasteiger partial charge is 0.462 e. The van der Waals surface area contributed by atoms with Gasteiger partial charge in [0, 0.05) is 19.3 Å². The van der Waals surface area contributed by atoms with Crippen LogP contribution in [0.5, 0.6) is 0 Å². The summed E-state index contributed by atoms with van der Waals surface area (Å²) >= 11 is 0. The van der Waals surface area contributed by atoms with Crippen LogP contribution < -0.4 is 0 Å². The highest BCUT2D eigenvalue weighted by atomic mass is 31.2. The molecule has 0 aromatic heterocycles. The fraction of sp³-hybridized carbons (Fsp3) is 0.551. The molecule has 0 aliphatic rings. The number of allylic oxidation sites excluding steroid dienone is 35. The third-order valence-electron chi connectivity index (χ3n) is 15.5. The summed E-state index contributed by atoms with van der Waals surface area (Å²) in [5.41, 5.74) is 0. The normalized spacial score (nSPS) is 15.0. The van der Waals surface area contributed by atoms with Gasteiger partial charge in [0.15, 0.2) is 12.2 Å². The maximum atomic E-state index is 13.1. The molecule has 5 atom stereocenters. The molecule has 19 heteroatoms. The number of phosphoric acid groups is 2. The van der Waals surface area contributed by atoms with E-state index >= 15 is 0 Å². The van der Waals surface area contributed by atoms with Crippen molar-refractivity contribution in [2.45, 2.75) is 277 Å². The first-order valence-corrected chi connectivity index (χ1v) is 43.0. The standard InChI is InChI=1S/C89H138O17P2/c1-5-9-13-17-21-25-29-33-37-39-41-43-47-49-53-57-61-65-69-73-86(91)99-79-84(105-88(93)75-71-67-63-59-55-51-45-35-31-27-23-19-15-11-7-3)81-103-107(95,96)101-77-83(90)78-102-108(97,98)104-82-85(106-89(94)76-72-68-64-60-56-52-46-36-32-28-24-20-16-12-8-4)80-100-87(92)74-70-66-62-58-54-50-48-44-42-40-38-34-30-26-22-18-14-10-6-2/h9-16,21-28,33-38,41-46,49,53,55-56,59-60,67,71,83-85,90H,5-8,17-20,29-32,39-40,47-48,50-52,54,57-58,61-66,68-70,72-82H2,1-4H3,(H,95,96)(H,97,98)/b13-9-,14-10-,15-11-,16-12-,25-21-,26-22-,27-23-,28-24-,37-33-,38-34-,43-41-,44-42-,45-35-,46-36-,53-49-,59-55-,60-56-,71-67-. The predicted octanol–water partition coefficient (Wildman–Crippen LogP) is 23.7. The molecule has 0 saturated carbocycles. The van der Waals surface area contributed by atoms with Crippen molar-refractivity contribution in [3.63, 3.8) is 0 Å². The summed E-state index contributed by atoms with van der Waals surface area (Å²) in [6, 6.07) is 0. The van der Waals surface area contributed by atoms with E-state index in [-0.39, 0.29) is 25.7 Å². The van der Waals surface area contributed by atoms with E-state index in [0.717, 1.165) is 173 Å². The highest BCUT2D eigenvalue weighted by Crippen LogP contribution is 2.45. The molecule has 5 unspecified atom stereocenters. The highest BCUT2D eigenvalue weighted by molar-refractivity contribution is 7.47. The number of hydrogen-bond acceptors (Lipinski definition) is 15. The average molecular weight is 1540 g/mol. The number of hydrogen-bond donors (Lipinski definition) is 3. The maximum Gasteiger partial charge on any atom is 0.472 e. The second-order valence-corrected chi connectivity index (χ2v) is 28.4. The number of carbonyl (C=O) groups is 4. The second-order valence-electron chi connectivity index (χ2n) is 25.5. The van der Waals surface area contributed by atoms with Gasteiger partial charge in [-0.15, -0.1) is 0 Å². The summed E-state index contributed by atoms with van der Waals surface area (Å²) in [5, 5.41) is 10.6. The quantitative estimate of drug-likeness (QED) is 0.0169. The van der Waals surface area contributed by atoms with Gasteiger partial charge in [0.1, 0.15) is 19.3 Å².